The second kappa shape index (κ2) is 12.7. The third-order valence-corrected chi connectivity index (χ3v) is 5.65. The van der Waals surface area contributed by atoms with E-state index in [0.29, 0.717) is 28.0 Å². The van der Waals surface area contributed by atoms with E-state index >= 15 is 0 Å². The van der Waals surface area contributed by atoms with Crippen LogP contribution >= 0.6 is 46.4 Å². The lowest BCUT2D eigenvalue weighted by Gasteiger charge is -2.12. The Kier molecular flexibility index (Phi) is 9.63. The molecule has 7 nitrogen and oxygen atoms in total. The predicted molar refractivity (Wildman–Crippen MR) is 137 cm³/mol. The maximum Gasteiger partial charge on any atom is 0.345 e. The van der Waals surface area contributed by atoms with Gasteiger partial charge in [0.25, 0.3) is 5.91 Å². The number of rotatable bonds is 9. The highest BCUT2D eigenvalue weighted by molar-refractivity contribution is 6.43. The molecule has 3 aromatic rings. The first-order valence-corrected chi connectivity index (χ1v) is 11.6. The van der Waals surface area contributed by atoms with Crippen LogP contribution in [0.2, 0.25) is 20.1 Å². The number of benzene rings is 3. The number of carbonyl (C=O) groups is 2. The smallest absolute Gasteiger partial charge is 0.345 e. The van der Waals surface area contributed by atoms with Crippen molar-refractivity contribution in [1.29, 1.82) is 0 Å². The van der Waals surface area contributed by atoms with Gasteiger partial charge in [-0.1, -0.05) is 52.5 Å². The zero-order valence-corrected chi connectivity index (χ0v) is 21.2. The lowest BCUT2D eigenvalue weighted by atomic mass is 10.2. The van der Waals surface area contributed by atoms with Crippen molar-refractivity contribution in [3.8, 4) is 17.2 Å². The molecule has 182 valence electrons. The van der Waals surface area contributed by atoms with E-state index in [1.807, 2.05) is 0 Å². The summed E-state index contributed by atoms with van der Waals surface area (Å²) in [5.74, 6) is -0.394. The predicted octanol–water partition coefficient (Wildman–Crippen LogP) is 6.45. The Morgan fingerprint density at radius 1 is 0.914 bits per heavy atom. The van der Waals surface area contributed by atoms with E-state index in [4.69, 9.17) is 60.6 Å². The summed E-state index contributed by atoms with van der Waals surface area (Å²) in [6.45, 7) is 1.80. The van der Waals surface area contributed by atoms with Gasteiger partial charge in [0.15, 0.2) is 18.1 Å². The van der Waals surface area contributed by atoms with Gasteiger partial charge < -0.3 is 14.2 Å². The van der Waals surface area contributed by atoms with E-state index in [9.17, 15) is 9.59 Å². The third kappa shape index (κ3) is 7.50. The molecule has 1 amide bonds. The summed E-state index contributed by atoms with van der Waals surface area (Å²) >= 11 is 23.9. The summed E-state index contributed by atoms with van der Waals surface area (Å²) in [6.07, 6.45) is 1.40. The Morgan fingerprint density at radius 2 is 1.71 bits per heavy atom. The molecule has 3 aromatic carbocycles. The van der Waals surface area contributed by atoms with Crippen LogP contribution in [0.4, 0.5) is 0 Å². The number of carbonyl (C=O) groups excluding carboxylic acids is 2. The van der Waals surface area contributed by atoms with Crippen LogP contribution in [0, 0.1) is 0 Å². The van der Waals surface area contributed by atoms with Crippen molar-refractivity contribution < 1.29 is 23.8 Å². The Morgan fingerprint density at radius 3 is 2.46 bits per heavy atom. The summed E-state index contributed by atoms with van der Waals surface area (Å²) in [4.78, 5) is 24.5. The molecule has 0 aliphatic heterocycles. The fourth-order valence-electron chi connectivity index (χ4n) is 2.72. The molecule has 0 spiro atoms. The average molecular weight is 556 g/mol. The average Bonchev–Trinajstić information content (AvgIpc) is 2.81. The third-order valence-electron chi connectivity index (χ3n) is 4.30. The number of halogens is 4. The van der Waals surface area contributed by atoms with Crippen LogP contribution in [-0.4, -0.2) is 31.3 Å². The first-order valence-electron chi connectivity index (χ1n) is 10.1. The van der Waals surface area contributed by atoms with Gasteiger partial charge in [-0.25, -0.2) is 10.2 Å². The monoisotopic (exact) mass is 554 g/mol. The van der Waals surface area contributed by atoms with Crippen LogP contribution < -0.4 is 19.6 Å². The summed E-state index contributed by atoms with van der Waals surface area (Å²) in [6, 6.07) is 14.1. The minimum atomic E-state index is -0.666. The topological polar surface area (TPSA) is 86.2 Å². The maximum absolute atomic E-state index is 12.5. The Balaban J connectivity index is 1.62. The largest absolute Gasteiger partial charge is 0.490 e. The van der Waals surface area contributed by atoms with Gasteiger partial charge in [-0.05, 0) is 61.0 Å². The van der Waals surface area contributed by atoms with Gasteiger partial charge in [-0.3, -0.25) is 4.79 Å². The van der Waals surface area contributed by atoms with Crippen LogP contribution in [-0.2, 0) is 4.79 Å². The van der Waals surface area contributed by atoms with Crippen LogP contribution in [0.3, 0.4) is 0 Å². The molecule has 35 heavy (non-hydrogen) atoms. The van der Waals surface area contributed by atoms with Crippen LogP contribution in [0.1, 0.15) is 22.8 Å². The molecule has 0 unspecified atom stereocenters. The quantitative estimate of drug-likeness (QED) is 0.142. The highest BCUT2D eigenvalue weighted by atomic mass is 35.5. The zero-order chi connectivity index (χ0) is 25.4. The van der Waals surface area contributed by atoms with Crippen LogP contribution in [0.5, 0.6) is 17.2 Å². The van der Waals surface area contributed by atoms with Crippen molar-refractivity contribution in [2.75, 3.05) is 13.2 Å². The molecule has 11 heteroatoms. The van der Waals surface area contributed by atoms with E-state index in [2.05, 4.69) is 10.5 Å². The molecular weight excluding hydrogens is 538 g/mol. The molecule has 0 heterocycles. The van der Waals surface area contributed by atoms with Gasteiger partial charge in [-0.2, -0.15) is 5.10 Å². The summed E-state index contributed by atoms with van der Waals surface area (Å²) in [5, 5.41) is 5.00. The van der Waals surface area contributed by atoms with E-state index in [1.165, 1.54) is 24.4 Å². The standard InChI is InChI=1S/C24H18Cl4N2O5/c1-2-33-21-10-14(6-9-19(21)35-24(32)16-8-7-15(25)11-18(16)27)12-29-30-22(31)13-34-20-5-3-4-17(26)23(20)28/h3-12H,2,13H2,1H3,(H,30,31)/b29-12+. The van der Waals surface area contributed by atoms with Crippen molar-refractivity contribution in [1.82, 2.24) is 5.43 Å². The summed E-state index contributed by atoms with van der Waals surface area (Å²) in [5.41, 5.74) is 3.08. The van der Waals surface area contributed by atoms with Gasteiger partial charge in [0.1, 0.15) is 10.8 Å². The number of hydrogen-bond acceptors (Lipinski definition) is 6. The molecule has 0 saturated carbocycles. The van der Waals surface area contributed by atoms with E-state index in [-0.39, 0.29) is 33.7 Å². The second-order valence-corrected chi connectivity index (χ2v) is 8.42. The molecule has 0 fully saturated rings. The molecule has 1 N–H and O–H groups in total. The molecule has 0 atom stereocenters. The summed E-state index contributed by atoms with van der Waals surface area (Å²) < 4.78 is 16.4. The van der Waals surface area contributed by atoms with Gasteiger partial charge >= 0.3 is 5.97 Å². The van der Waals surface area contributed by atoms with Crippen molar-refractivity contribution in [3.05, 3.63) is 85.8 Å². The van der Waals surface area contributed by atoms with Crippen molar-refractivity contribution in [3.63, 3.8) is 0 Å². The van der Waals surface area contributed by atoms with Crippen molar-refractivity contribution in [2.45, 2.75) is 6.92 Å². The SMILES string of the molecule is CCOc1cc(/C=N/NC(=O)COc2cccc(Cl)c2Cl)ccc1OC(=O)c1ccc(Cl)cc1Cl. The number of esters is 1. The fraction of sp³-hybridized carbons (Fsp3) is 0.125. The number of nitrogens with one attached hydrogen (secondary N) is 1. The fourth-order valence-corrected chi connectivity index (χ4v) is 3.55. The highest BCUT2D eigenvalue weighted by Crippen LogP contribution is 2.32. The molecule has 0 saturated heterocycles. The van der Waals surface area contributed by atoms with E-state index in [0.717, 1.165) is 0 Å². The number of ether oxygens (including phenoxy) is 3. The highest BCUT2D eigenvalue weighted by Gasteiger charge is 2.16. The minimum Gasteiger partial charge on any atom is -0.490 e. The second-order valence-electron chi connectivity index (χ2n) is 6.79. The minimum absolute atomic E-state index is 0.160. The molecule has 3 rings (SSSR count). The molecule has 0 aliphatic carbocycles. The molecule has 0 aromatic heterocycles. The maximum atomic E-state index is 12.5. The van der Waals surface area contributed by atoms with Gasteiger partial charge in [0, 0.05) is 5.02 Å². The lowest BCUT2D eigenvalue weighted by molar-refractivity contribution is -0.123. The zero-order valence-electron chi connectivity index (χ0n) is 18.2. The molecule has 0 radical (unpaired) electrons. The molecule has 0 aliphatic rings. The Labute approximate surface area is 221 Å². The Hall–Kier alpha value is -2.97. The molecule has 0 bridgehead atoms. The number of hydrazone groups is 1. The first-order chi connectivity index (χ1) is 16.8. The van der Waals surface area contributed by atoms with Crippen LogP contribution in [0.25, 0.3) is 0 Å². The van der Waals surface area contributed by atoms with Crippen molar-refractivity contribution in [2.24, 2.45) is 5.10 Å². The lowest BCUT2D eigenvalue weighted by Crippen LogP contribution is -2.24. The van der Waals surface area contributed by atoms with Crippen LogP contribution in [0.15, 0.2) is 59.7 Å². The summed E-state index contributed by atoms with van der Waals surface area (Å²) in [7, 11) is 0. The van der Waals surface area contributed by atoms with Gasteiger partial charge in [0.2, 0.25) is 0 Å². The number of nitrogens with zero attached hydrogens (tertiary/aromatic N) is 1. The van der Waals surface area contributed by atoms with E-state index < -0.39 is 11.9 Å². The molecular formula is C24H18Cl4N2O5. The Bertz CT molecular complexity index is 1270. The number of hydrogen-bond donors (Lipinski definition) is 1. The number of amides is 1. The van der Waals surface area contributed by atoms with E-state index in [1.54, 1.807) is 43.3 Å². The van der Waals surface area contributed by atoms with Crippen molar-refractivity contribution >= 4 is 64.5 Å². The first kappa shape index (κ1) is 26.6. The van der Waals surface area contributed by atoms with Gasteiger partial charge in [0.05, 0.1) is 28.4 Å². The normalized spacial score (nSPS) is 10.8. The van der Waals surface area contributed by atoms with Gasteiger partial charge in [-0.15, -0.1) is 0 Å².